The van der Waals surface area contributed by atoms with Gasteiger partial charge in [0, 0.05) is 22.9 Å². The van der Waals surface area contributed by atoms with Crippen molar-refractivity contribution < 1.29 is 10.1 Å². The molecule has 34 heavy (non-hydrogen) atoms. The quantitative estimate of drug-likeness (QED) is 0.264. The minimum absolute atomic E-state index is 0.235. The molecular weight excluding hydrogens is 418 g/mol. The van der Waals surface area contributed by atoms with Gasteiger partial charge in [-0.2, -0.15) is 0 Å². The molecule has 0 amide bonds. The van der Waals surface area contributed by atoms with Crippen LogP contribution < -0.4 is 10.1 Å². The summed E-state index contributed by atoms with van der Waals surface area (Å²) in [6, 6.07) is 11.0. The van der Waals surface area contributed by atoms with Gasteiger partial charge in [0.1, 0.15) is 17.1 Å². The molecular formula is C30H42N3O+. The largest absolute Gasteiger partial charge is 0.453 e. The zero-order chi connectivity index (χ0) is 23.8. The minimum Gasteiger partial charge on any atom is -0.453 e. The molecule has 2 aromatic rings. The second-order valence-electron chi connectivity index (χ2n) is 9.98. The number of nitrogens with two attached hydrogens (primary N) is 1. The molecule has 2 aliphatic rings. The lowest BCUT2D eigenvalue weighted by molar-refractivity contribution is -0.570. The van der Waals surface area contributed by atoms with E-state index in [9.17, 15) is 0 Å². The summed E-state index contributed by atoms with van der Waals surface area (Å²) in [5.41, 5.74) is 3.13. The molecule has 4 rings (SSSR count). The fourth-order valence-corrected chi connectivity index (χ4v) is 4.92. The number of hydrogen-bond acceptors (Lipinski definition) is 3. The number of hydrogen-bond donors (Lipinski definition) is 1. The Balaban J connectivity index is 1.36. The molecule has 4 nitrogen and oxygen atoms in total. The lowest BCUT2D eigenvalue weighted by Crippen LogP contribution is -2.78. The summed E-state index contributed by atoms with van der Waals surface area (Å²) >= 11 is 0. The number of allylic oxidation sites excluding steroid dienone is 1. The van der Waals surface area contributed by atoms with Crippen LogP contribution >= 0.6 is 0 Å². The molecule has 182 valence electrons. The molecule has 0 bridgehead atoms. The van der Waals surface area contributed by atoms with Crippen molar-refractivity contribution in [1.82, 2.24) is 4.90 Å². The van der Waals surface area contributed by atoms with E-state index in [0.717, 1.165) is 29.5 Å². The highest BCUT2D eigenvalue weighted by Gasteiger charge is 2.25. The summed E-state index contributed by atoms with van der Waals surface area (Å²) in [6.07, 6.45) is 20.1. The van der Waals surface area contributed by atoms with Crippen LogP contribution in [0.2, 0.25) is 0 Å². The lowest BCUT2D eigenvalue weighted by atomic mass is 10.0. The van der Waals surface area contributed by atoms with Gasteiger partial charge in [-0.25, -0.2) is 4.99 Å². The van der Waals surface area contributed by atoms with E-state index >= 15 is 0 Å². The SMILES string of the molecule is CCCCCCCCCCCC[NH2+]c1cc2c(c3ccccc13)N=C1C=CC(N(C)C)C=C1O2. The minimum atomic E-state index is 0.235. The third kappa shape index (κ3) is 6.17. The molecule has 0 radical (unpaired) electrons. The third-order valence-corrected chi connectivity index (χ3v) is 7.01. The van der Waals surface area contributed by atoms with Crippen molar-refractivity contribution in [3.63, 3.8) is 0 Å². The Bertz CT molecular complexity index is 1050. The number of ether oxygens (including phenoxy) is 1. The number of nitrogens with zero attached hydrogens (tertiary/aromatic N) is 2. The number of benzene rings is 2. The van der Waals surface area contributed by atoms with Gasteiger partial charge in [0.25, 0.3) is 0 Å². The first-order valence-electron chi connectivity index (χ1n) is 13.4. The van der Waals surface area contributed by atoms with E-state index in [1.54, 1.807) is 0 Å². The van der Waals surface area contributed by atoms with Gasteiger partial charge in [-0.05, 0) is 45.2 Å². The summed E-state index contributed by atoms with van der Waals surface area (Å²) < 4.78 is 6.40. The van der Waals surface area contributed by atoms with Crippen LogP contribution in [0.1, 0.15) is 71.1 Å². The van der Waals surface area contributed by atoms with Crippen LogP contribution in [0.5, 0.6) is 5.75 Å². The molecule has 0 spiro atoms. The van der Waals surface area contributed by atoms with Gasteiger partial charge in [0.05, 0.1) is 6.54 Å². The fourth-order valence-electron chi connectivity index (χ4n) is 4.92. The van der Waals surface area contributed by atoms with E-state index in [1.165, 1.54) is 80.7 Å². The standard InChI is InChI=1S/C30H41N3O/c1-4-5-6-7-8-9-10-11-12-15-20-31-27-22-29-30(25-17-14-13-16-24(25)27)32-26-19-18-23(33(2)3)21-28(26)34-29/h13-14,16-19,21-23,31H,4-12,15,20H2,1-3H3/p+1. The van der Waals surface area contributed by atoms with E-state index in [0.29, 0.717) is 0 Å². The van der Waals surface area contributed by atoms with Gasteiger partial charge in [0.15, 0.2) is 11.5 Å². The summed E-state index contributed by atoms with van der Waals surface area (Å²) in [7, 11) is 4.16. The van der Waals surface area contributed by atoms with Gasteiger partial charge in [-0.3, -0.25) is 4.90 Å². The molecule has 0 saturated heterocycles. The van der Waals surface area contributed by atoms with Gasteiger partial charge in [0.2, 0.25) is 0 Å². The van der Waals surface area contributed by atoms with Crippen LogP contribution in [0.25, 0.3) is 10.8 Å². The van der Waals surface area contributed by atoms with Gasteiger partial charge >= 0.3 is 0 Å². The summed E-state index contributed by atoms with van der Waals surface area (Å²) in [6.45, 7) is 3.40. The summed E-state index contributed by atoms with van der Waals surface area (Å²) in [5.74, 6) is 1.74. The van der Waals surface area contributed by atoms with E-state index in [-0.39, 0.29) is 6.04 Å². The number of unbranched alkanes of at least 4 members (excludes halogenated alkanes) is 9. The molecule has 0 saturated carbocycles. The first kappa shape index (κ1) is 24.7. The third-order valence-electron chi connectivity index (χ3n) is 7.01. The predicted molar refractivity (Wildman–Crippen MR) is 145 cm³/mol. The Morgan fingerprint density at radius 3 is 2.29 bits per heavy atom. The van der Waals surface area contributed by atoms with Crippen LogP contribution in [-0.4, -0.2) is 37.3 Å². The number of aliphatic imine (C=N–C) groups is 1. The van der Waals surface area contributed by atoms with Crippen molar-refractivity contribution in [1.29, 1.82) is 0 Å². The van der Waals surface area contributed by atoms with Gasteiger partial charge in [-0.15, -0.1) is 0 Å². The first-order valence-corrected chi connectivity index (χ1v) is 13.4. The van der Waals surface area contributed by atoms with Crippen molar-refractivity contribution in [2.45, 2.75) is 77.2 Å². The second kappa shape index (κ2) is 12.3. The Morgan fingerprint density at radius 1 is 0.912 bits per heavy atom. The van der Waals surface area contributed by atoms with E-state index in [1.807, 2.05) is 0 Å². The molecule has 1 heterocycles. The molecule has 1 unspecified atom stereocenters. The van der Waals surface area contributed by atoms with Gasteiger partial charge < -0.3 is 10.1 Å². The predicted octanol–water partition coefficient (Wildman–Crippen LogP) is 6.80. The Morgan fingerprint density at radius 2 is 1.59 bits per heavy atom. The Hall–Kier alpha value is -2.43. The van der Waals surface area contributed by atoms with Crippen molar-refractivity contribution in [2.24, 2.45) is 4.99 Å². The normalized spacial score (nSPS) is 16.8. The number of quaternary nitrogens is 1. The van der Waals surface area contributed by atoms with E-state index in [4.69, 9.17) is 9.73 Å². The number of likely N-dealkylation sites (N-methyl/N-ethyl adjacent to an activating group) is 1. The topological polar surface area (TPSA) is 41.4 Å². The lowest BCUT2D eigenvalue weighted by Gasteiger charge is -2.26. The highest BCUT2D eigenvalue weighted by Crippen LogP contribution is 2.43. The fraction of sp³-hybridized carbons (Fsp3) is 0.500. The first-order chi connectivity index (χ1) is 16.7. The van der Waals surface area contributed by atoms with Crippen LogP contribution in [0.4, 0.5) is 11.4 Å². The average Bonchev–Trinajstić information content (AvgIpc) is 2.85. The second-order valence-corrected chi connectivity index (χ2v) is 9.98. The molecule has 2 aromatic carbocycles. The maximum atomic E-state index is 6.40. The molecule has 4 heteroatoms. The molecule has 0 aromatic heterocycles. The van der Waals surface area contributed by atoms with Crippen LogP contribution in [-0.2, 0) is 0 Å². The van der Waals surface area contributed by atoms with Crippen LogP contribution in [0, 0.1) is 0 Å². The van der Waals surface area contributed by atoms with Crippen LogP contribution in [0.3, 0.4) is 0 Å². The highest BCUT2D eigenvalue weighted by atomic mass is 16.5. The van der Waals surface area contributed by atoms with Crippen molar-refractivity contribution in [3.8, 4) is 5.75 Å². The Labute approximate surface area is 205 Å². The molecule has 0 fully saturated rings. The zero-order valence-electron chi connectivity index (χ0n) is 21.4. The average molecular weight is 461 g/mol. The van der Waals surface area contributed by atoms with Crippen molar-refractivity contribution >= 4 is 27.9 Å². The Kier molecular flexibility index (Phi) is 8.95. The smallest absolute Gasteiger partial charge is 0.159 e. The number of rotatable bonds is 13. The molecule has 1 aliphatic heterocycles. The van der Waals surface area contributed by atoms with E-state index < -0.39 is 0 Å². The number of fused-ring (bicyclic) bond motifs is 4. The molecule has 1 atom stereocenters. The zero-order valence-corrected chi connectivity index (χ0v) is 21.4. The van der Waals surface area contributed by atoms with Crippen molar-refractivity contribution in [2.75, 3.05) is 20.6 Å². The van der Waals surface area contributed by atoms with E-state index in [2.05, 4.69) is 79.8 Å². The summed E-state index contributed by atoms with van der Waals surface area (Å²) in [4.78, 5) is 7.17. The maximum Gasteiger partial charge on any atom is 0.159 e. The monoisotopic (exact) mass is 460 g/mol. The van der Waals surface area contributed by atoms with Crippen molar-refractivity contribution in [3.05, 3.63) is 54.3 Å². The summed E-state index contributed by atoms with van der Waals surface area (Å²) in [5, 5.41) is 4.83. The van der Waals surface area contributed by atoms with Crippen LogP contribution in [0.15, 0.2) is 59.3 Å². The van der Waals surface area contributed by atoms with Gasteiger partial charge in [-0.1, -0.05) is 82.6 Å². The molecule has 1 aliphatic carbocycles. The molecule has 2 N–H and O–H groups in total. The maximum absolute atomic E-state index is 6.40. The highest BCUT2D eigenvalue weighted by molar-refractivity contribution is 6.14.